The third-order valence-electron chi connectivity index (χ3n) is 5.09. The van der Waals surface area contributed by atoms with Gasteiger partial charge in [-0.15, -0.1) is 0 Å². The molecule has 4 nitrogen and oxygen atoms in total. The van der Waals surface area contributed by atoms with Crippen molar-refractivity contribution in [3.63, 3.8) is 0 Å². The fourth-order valence-corrected chi connectivity index (χ4v) is 3.77. The van der Waals surface area contributed by atoms with E-state index in [9.17, 15) is 0 Å². The van der Waals surface area contributed by atoms with E-state index < -0.39 is 0 Å². The number of para-hydroxylation sites is 2. The summed E-state index contributed by atoms with van der Waals surface area (Å²) in [4.78, 5) is 2.52. The van der Waals surface area contributed by atoms with Crippen molar-refractivity contribution in [1.82, 2.24) is 0 Å². The molecule has 2 aliphatic rings. The van der Waals surface area contributed by atoms with Crippen LogP contribution in [0.1, 0.15) is 32.1 Å². The van der Waals surface area contributed by atoms with Gasteiger partial charge in [0.2, 0.25) is 0 Å². The highest BCUT2D eigenvalue weighted by Crippen LogP contribution is 2.41. The van der Waals surface area contributed by atoms with Gasteiger partial charge in [0.1, 0.15) is 5.75 Å². The van der Waals surface area contributed by atoms with E-state index in [0.717, 1.165) is 51.0 Å². The van der Waals surface area contributed by atoms with Crippen LogP contribution in [0.15, 0.2) is 24.3 Å². The molecule has 116 valence electrons. The Hall–Kier alpha value is -1.26. The summed E-state index contributed by atoms with van der Waals surface area (Å²) in [5.74, 6) is 0.997. The number of rotatable bonds is 3. The van der Waals surface area contributed by atoms with E-state index in [0.29, 0.717) is 12.6 Å². The van der Waals surface area contributed by atoms with Crippen LogP contribution in [0.3, 0.4) is 0 Å². The van der Waals surface area contributed by atoms with Gasteiger partial charge in [0.05, 0.1) is 23.9 Å². The Morgan fingerprint density at radius 3 is 2.81 bits per heavy atom. The van der Waals surface area contributed by atoms with Crippen molar-refractivity contribution >= 4 is 5.69 Å². The number of fused-ring (bicyclic) bond motifs is 1. The summed E-state index contributed by atoms with van der Waals surface area (Å²) in [6.45, 7) is 2.50. The maximum Gasteiger partial charge on any atom is 0.142 e. The van der Waals surface area contributed by atoms with Crippen LogP contribution in [0.25, 0.3) is 0 Å². The largest absolute Gasteiger partial charge is 0.491 e. The lowest BCUT2D eigenvalue weighted by molar-refractivity contribution is 0.0496. The molecule has 0 atom stereocenters. The van der Waals surface area contributed by atoms with Gasteiger partial charge in [0.25, 0.3) is 0 Å². The summed E-state index contributed by atoms with van der Waals surface area (Å²) in [6.07, 6.45) is 5.81. The van der Waals surface area contributed by atoms with Crippen molar-refractivity contribution in [2.24, 2.45) is 5.73 Å². The molecule has 1 fully saturated rings. The van der Waals surface area contributed by atoms with Crippen LogP contribution in [0, 0.1) is 0 Å². The van der Waals surface area contributed by atoms with Crippen molar-refractivity contribution < 1.29 is 9.47 Å². The Morgan fingerprint density at radius 2 is 2.10 bits per heavy atom. The number of hydrogen-bond acceptors (Lipinski definition) is 4. The topological polar surface area (TPSA) is 47.7 Å². The first kappa shape index (κ1) is 14.7. The van der Waals surface area contributed by atoms with Gasteiger partial charge in [-0.2, -0.15) is 0 Å². The molecule has 1 saturated carbocycles. The Kier molecular flexibility index (Phi) is 4.36. The van der Waals surface area contributed by atoms with Crippen LogP contribution in [-0.2, 0) is 4.74 Å². The first-order valence-electron chi connectivity index (χ1n) is 8.01. The third kappa shape index (κ3) is 2.74. The lowest BCUT2D eigenvalue weighted by atomic mass is 9.78. The van der Waals surface area contributed by atoms with E-state index in [2.05, 4.69) is 23.1 Å². The molecule has 1 aliphatic heterocycles. The number of hydrogen-bond donors (Lipinski definition) is 1. The Morgan fingerprint density at radius 1 is 1.33 bits per heavy atom. The zero-order chi connectivity index (χ0) is 14.7. The quantitative estimate of drug-likeness (QED) is 0.929. The van der Waals surface area contributed by atoms with Crippen molar-refractivity contribution in [2.45, 2.75) is 43.7 Å². The van der Waals surface area contributed by atoms with Crippen LogP contribution in [0.4, 0.5) is 5.69 Å². The summed E-state index contributed by atoms with van der Waals surface area (Å²) >= 11 is 0. The molecule has 0 aromatic heterocycles. The molecule has 1 heterocycles. The number of methoxy groups -OCH3 is 1. The normalized spacial score (nSPS) is 29.4. The Balaban J connectivity index is 1.90. The molecular formula is C17H26N2O2. The highest BCUT2D eigenvalue weighted by atomic mass is 16.5. The Labute approximate surface area is 127 Å². The Bertz CT molecular complexity index is 470. The molecule has 0 bridgehead atoms. The fourth-order valence-electron chi connectivity index (χ4n) is 3.77. The summed E-state index contributed by atoms with van der Waals surface area (Å²) in [7, 11) is 1.81. The number of nitrogens with zero attached hydrogens (tertiary/aromatic N) is 1. The number of anilines is 1. The molecule has 1 aliphatic carbocycles. The monoisotopic (exact) mass is 290 g/mol. The zero-order valence-corrected chi connectivity index (χ0v) is 12.9. The molecule has 21 heavy (non-hydrogen) atoms. The smallest absolute Gasteiger partial charge is 0.142 e. The molecule has 3 rings (SSSR count). The van der Waals surface area contributed by atoms with Crippen molar-refractivity contribution in [1.29, 1.82) is 0 Å². The van der Waals surface area contributed by atoms with Gasteiger partial charge in [-0.05, 0) is 44.2 Å². The van der Waals surface area contributed by atoms with Gasteiger partial charge in [-0.25, -0.2) is 0 Å². The van der Waals surface area contributed by atoms with Gasteiger partial charge < -0.3 is 20.1 Å². The minimum absolute atomic E-state index is 0.0544. The highest BCUT2D eigenvalue weighted by molar-refractivity contribution is 5.61. The van der Waals surface area contributed by atoms with E-state index in [1.54, 1.807) is 0 Å². The summed E-state index contributed by atoms with van der Waals surface area (Å²) in [5, 5.41) is 0. The molecule has 1 aromatic rings. The molecule has 0 saturated heterocycles. The number of nitrogens with two attached hydrogens (primary N) is 1. The molecular weight excluding hydrogens is 264 g/mol. The predicted molar refractivity (Wildman–Crippen MR) is 85.0 cm³/mol. The first-order valence-corrected chi connectivity index (χ1v) is 8.01. The molecule has 2 N–H and O–H groups in total. The van der Waals surface area contributed by atoms with Crippen LogP contribution in [0.5, 0.6) is 5.75 Å². The average Bonchev–Trinajstić information content (AvgIpc) is 2.78. The second-order valence-electron chi connectivity index (χ2n) is 6.18. The van der Waals surface area contributed by atoms with Gasteiger partial charge in [-0.3, -0.25) is 0 Å². The van der Waals surface area contributed by atoms with E-state index in [1.807, 2.05) is 13.2 Å². The minimum atomic E-state index is 0.0544. The van der Waals surface area contributed by atoms with E-state index in [4.69, 9.17) is 15.2 Å². The van der Waals surface area contributed by atoms with Gasteiger partial charge in [0.15, 0.2) is 0 Å². The SMILES string of the molecule is COC1CCC(CN)(N2CCCOc3ccccc32)CC1. The molecule has 0 radical (unpaired) electrons. The maximum absolute atomic E-state index is 6.24. The average molecular weight is 290 g/mol. The lowest BCUT2D eigenvalue weighted by Crippen LogP contribution is -2.57. The van der Waals surface area contributed by atoms with E-state index in [1.165, 1.54) is 5.69 Å². The van der Waals surface area contributed by atoms with E-state index >= 15 is 0 Å². The van der Waals surface area contributed by atoms with Crippen molar-refractivity contribution in [3.8, 4) is 5.75 Å². The second-order valence-corrected chi connectivity index (χ2v) is 6.18. The van der Waals surface area contributed by atoms with Crippen LogP contribution in [0.2, 0.25) is 0 Å². The van der Waals surface area contributed by atoms with Crippen molar-refractivity contribution in [2.75, 3.05) is 31.7 Å². The predicted octanol–water partition coefficient (Wildman–Crippen LogP) is 2.56. The van der Waals surface area contributed by atoms with Gasteiger partial charge in [-0.1, -0.05) is 12.1 Å². The van der Waals surface area contributed by atoms with Crippen LogP contribution in [-0.4, -0.2) is 38.4 Å². The molecule has 0 amide bonds. The number of benzene rings is 1. The van der Waals surface area contributed by atoms with Gasteiger partial charge >= 0.3 is 0 Å². The standard InChI is InChI=1S/C17H26N2O2/c1-20-14-7-9-17(13-18,10-8-14)19-11-4-12-21-16-6-3-2-5-15(16)19/h2-3,5-6,14H,4,7-13,18H2,1H3. The lowest BCUT2D eigenvalue weighted by Gasteiger charge is -2.48. The zero-order valence-electron chi connectivity index (χ0n) is 12.9. The fraction of sp³-hybridized carbons (Fsp3) is 0.647. The highest BCUT2D eigenvalue weighted by Gasteiger charge is 2.40. The minimum Gasteiger partial charge on any atom is -0.491 e. The molecule has 0 unspecified atom stereocenters. The second kappa shape index (κ2) is 6.24. The van der Waals surface area contributed by atoms with Crippen LogP contribution >= 0.6 is 0 Å². The third-order valence-corrected chi connectivity index (χ3v) is 5.09. The molecule has 0 spiro atoms. The van der Waals surface area contributed by atoms with Crippen molar-refractivity contribution in [3.05, 3.63) is 24.3 Å². The molecule has 1 aromatic carbocycles. The maximum atomic E-state index is 6.24. The van der Waals surface area contributed by atoms with Crippen LogP contribution < -0.4 is 15.4 Å². The summed E-state index contributed by atoms with van der Waals surface area (Å²) in [6, 6.07) is 8.36. The summed E-state index contributed by atoms with van der Waals surface area (Å²) in [5.41, 5.74) is 7.50. The number of ether oxygens (including phenoxy) is 2. The van der Waals surface area contributed by atoms with E-state index in [-0.39, 0.29) is 5.54 Å². The van der Waals surface area contributed by atoms with Gasteiger partial charge in [0, 0.05) is 20.2 Å². The first-order chi connectivity index (χ1) is 10.3. The summed E-state index contributed by atoms with van der Waals surface area (Å²) < 4.78 is 11.4. The molecule has 4 heteroatoms.